The summed E-state index contributed by atoms with van der Waals surface area (Å²) < 4.78 is 17.8. The number of ether oxygens (including phenoxy) is 2. The van der Waals surface area contributed by atoms with Gasteiger partial charge in [-0.3, -0.25) is 0 Å². The number of piperidine rings is 2. The summed E-state index contributed by atoms with van der Waals surface area (Å²) in [5.74, 6) is 1.61. The van der Waals surface area contributed by atoms with E-state index in [4.69, 9.17) is 9.47 Å². The first-order valence-corrected chi connectivity index (χ1v) is 25.6. The molecule has 8 heteroatoms. The Morgan fingerprint density at radius 1 is 0.500 bits per heavy atom. The standard InChI is InChI=1S/C60H58N4O2.2BrH/c1-3-11-41-29-37(17-19-39(41)9-1)33-63-25-23-59-47-13-5-7-15-49(47)61-55(59)53-45(31-51(59)63)43(35-63)21-27-65-57(53)62-50-16-8-6-14-48(50)60-24-26-64(34-38-18-20-40-10-2-4-12-42(40)30-38)36-44-22-28-66-58(61)54(56(60)62)46(44)32-52(60)64;;/h1-22,29-30,45-46,51-58H,23-28,31-36H2;2*1H/q+2;;/p-2/t45-,46-,51-,52-,53+,54+,55-,56-,57+,58+,59?,60?,63?,64?;;/m0../s1. The second kappa shape index (κ2) is 14.2. The quantitative estimate of drug-likeness (QED) is 0.197. The van der Waals surface area contributed by atoms with E-state index in [2.05, 4.69) is 155 Å². The fourth-order valence-electron chi connectivity index (χ4n) is 19.2. The molecule has 6 nitrogen and oxygen atoms in total. The second-order valence-electron chi connectivity index (χ2n) is 23.1. The van der Waals surface area contributed by atoms with Gasteiger partial charge in [0.25, 0.3) is 0 Å². The van der Waals surface area contributed by atoms with Gasteiger partial charge in [0, 0.05) is 71.9 Å². The van der Waals surface area contributed by atoms with Crippen LogP contribution in [-0.2, 0) is 33.4 Å². The Bertz CT molecular complexity index is 2980. The van der Waals surface area contributed by atoms with E-state index in [0.29, 0.717) is 61.1 Å². The molecule has 17 rings (SSSR count). The molecule has 9 aliphatic heterocycles. The van der Waals surface area contributed by atoms with Crippen molar-refractivity contribution < 1.29 is 52.4 Å². The Morgan fingerprint density at radius 2 is 0.926 bits per heavy atom. The van der Waals surface area contributed by atoms with Crippen LogP contribution in [0.15, 0.2) is 157 Å². The Hall–Kier alpha value is -4.28. The van der Waals surface area contributed by atoms with Crippen molar-refractivity contribution in [1.29, 1.82) is 0 Å². The van der Waals surface area contributed by atoms with Crippen LogP contribution in [0.4, 0.5) is 11.4 Å². The lowest BCUT2D eigenvalue weighted by atomic mass is 9.52. The van der Waals surface area contributed by atoms with Gasteiger partial charge in [0.1, 0.15) is 50.7 Å². The molecule has 0 radical (unpaired) electrons. The van der Waals surface area contributed by atoms with E-state index in [-0.39, 0.29) is 57.2 Å². The van der Waals surface area contributed by atoms with Crippen LogP contribution in [0.3, 0.4) is 0 Å². The summed E-state index contributed by atoms with van der Waals surface area (Å²) in [5.41, 5.74) is 12.6. The van der Waals surface area contributed by atoms with E-state index in [9.17, 15) is 0 Å². The zero-order chi connectivity index (χ0) is 42.7. The number of hydrogen-bond donors (Lipinski definition) is 0. The van der Waals surface area contributed by atoms with Crippen molar-refractivity contribution in [3.8, 4) is 0 Å². The highest BCUT2D eigenvalue weighted by Gasteiger charge is 2.81. The van der Waals surface area contributed by atoms with Crippen LogP contribution in [0, 0.1) is 23.7 Å². The number of para-hydroxylation sites is 2. The average Bonchev–Trinajstić information content (AvgIpc) is 3.97. The van der Waals surface area contributed by atoms with Gasteiger partial charge in [-0.25, -0.2) is 0 Å². The minimum absolute atomic E-state index is 0. The van der Waals surface area contributed by atoms with Gasteiger partial charge in [0.15, 0.2) is 0 Å². The molecule has 14 atom stereocenters. The van der Waals surface area contributed by atoms with Gasteiger partial charge in [-0.05, 0) is 68.1 Å². The number of halogens is 2. The Labute approximate surface area is 420 Å². The van der Waals surface area contributed by atoms with E-state index in [0.717, 1.165) is 35.1 Å². The van der Waals surface area contributed by atoms with Crippen LogP contribution in [0.25, 0.3) is 21.5 Å². The smallest absolute Gasteiger partial charge is 0.136 e. The molecule has 6 aromatic rings. The summed E-state index contributed by atoms with van der Waals surface area (Å²) in [6, 6.07) is 53.9. The molecule has 2 spiro atoms. The van der Waals surface area contributed by atoms with E-state index in [1.807, 2.05) is 0 Å². The van der Waals surface area contributed by atoms with Crippen molar-refractivity contribution in [3.05, 3.63) is 179 Å². The number of rotatable bonds is 4. The third kappa shape index (κ3) is 4.89. The molecule has 2 saturated carbocycles. The van der Waals surface area contributed by atoms with Crippen LogP contribution in [0.2, 0.25) is 0 Å². The number of nitrogens with zero attached hydrogens (tertiary/aromatic N) is 4. The van der Waals surface area contributed by atoms with Gasteiger partial charge in [-0.15, -0.1) is 0 Å². The topological polar surface area (TPSA) is 24.9 Å². The van der Waals surface area contributed by atoms with Gasteiger partial charge < -0.3 is 62.2 Å². The molecule has 7 fully saturated rings. The van der Waals surface area contributed by atoms with Crippen LogP contribution in [0.1, 0.15) is 47.9 Å². The minimum atomic E-state index is -0.00607. The van der Waals surface area contributed by atoms with Gasteiger partial charge in [0.2, 0.25) is 0 Å². The predicted octanol–water partition coefficient (Wildman–Crippen LogP) is 4.01. The summed E-state index contributed by atoms with van der Waals surface area (Å²) >= 11 is 0. The third-order valence-electron chi connectivity index (χ3n) is 21.1. The Balaban J connectivity index is 0.00000210. The number of anilines is 2. The number of benzene rings is 6. The predicted molar refractivity (Wildman–Crippen MR) is 260 cm³/mol. The lowest BCUT2D eigenvalue weighted by Crippen LogP contribution is -3.00. The summed E-state index contributed by atoms with van der Waals surface area (Å²) in [6.07, 6.45) is 10.1. The maximum atomic E-state index is 7.75. The minimum Gasteiger partial charge on any atom is -1.00 e. The van der Waals surface area contributed by atoms with Crippen molar-refractivity contribution in [1.82, 2.24) is 0 Å². The fraction of sp³-hybridized carbons (Fsp3) is 0.400. The van der Waals surface area contributed by atoms with Crippen LogP contribution in [0.5, 0.6) is 0 Å². The maximum absolute atomic E-state index is 7.75. The highest BCUT2D eigenvalue weighted by atomic mass is 79.9. The van der Waals surface area contributed by atoms with Crippen molar-refractivity contribution >= 4 is 32.9 Å². The molecular weight excluding hydrogens is 968 g/mol. The van der Waals surface area contributed by atoms with Gasteiger partial charge in [-0.1, -0.05) is 121 Å². The first kappa shape index (κ1) is 41.5. The zero-order valence-electron chi connectivity index (χ0n) is 38.5. The third-order valence-corrected chi connectivity index (χ3v) is 21.1. The highest BCUT2D eigenvalue weighted by molar-refractivity contribution is 5.84. The highest BCUT2D eigenvalue weighted by Crippen LogP contribution is 2.73. The molecule has 4 bridgehead atoms. The van der Waals surface area contributed by atoms with Crippen LogP contribution in [-0.4, -0.2) is 85.0 Å². The zero-order valence-corrected chi connectivity index (χ0v) is 41.6. The second-order valence-corrected chi connectivity index (χ2v) is 23.1. The molecule has 11 aliphatic rings. The molecule has 0 amide bonds. The molecule has 344 valence electrons. The van der Waals surface area contributed by atoms with E-state index < -0.39 is 0 Å². The van der Waals surface area contributed by atoms with Crippen LogP contribution >= 0.6 is 0 Å². The number of hydrogen-bond acceptors (Lipinski definition) is 4. The molecular formula is C60H58Br2N4O2. The maximum Gasteiger partial charge on any atom is 0.136 e. The van der Waals surface area contributed by atoms with E-state index >= 15 is 0 Å². The lowest BCUT2D eigenvalue weighted by Gasteiger charge is -2.65. The largest absolute Gasteiger partial charge is 1.00 e. The molecule has 6 aromatic carbocycles. The summed E-state index contributed by atoms with van der Waals surface area (Å²) in [4.78, 5) is 6.05. The van der Waals surface area contributed by atoms with E-state index in [1.165, 1.54) is 82.8 Å². The van der Waals surface area contributed by atoms with Crippen molar-refractivity contribution in [2.75, 3.05) is 49.2 Å². The van der Waals surface area contributed by atoms with Crippen molar-refractivity contribution in [2.45, 2.75) is 86.2 Å². The Morgan fingerprint density at radius 3 is 1.40 bits per heavy atom. The fourth-order valence-corrected chi connectivity index (χ4v) is 19.2. The first-order valence-electron chi connectivity index (χ1n) is 25.6. The SMILES string of the molecule is C1=C2C[N+]3(Cc4ccc5ccccc5c4)CCC45c6ccccc6N6[C@@H]7OCC=C8C[N+]9(Cc%10ccc%11ccccc%11c%10)CCC%10%11c%12ccccc%12N([C@H](OC1)[C@@H]([C@H]64)[C@H]2C[C@@H]53)[C@H]%10[C@H]7[C@H]8C[C@@H]%119.[Br-].[Br-]. The summed E-state index contributed by atoms with van der Waals surface area (Å²) in [5, 5.41) is 5.41. The molecule has 2 aliphatic carbocycles. The van der Waals surface area contributed by atoms with Crippen molar-refractivity contribution in [2.24, 2.45) is 23.7 Å². The normalized spacial score (nSPS) is 39.6. The summed E-state index contributed by atoms with van der Waals surface area (Å²) in [7, 11) is 0. The molecule has 68 heavy (non-hydrogen) atoms. The van der Waals surface area contributed by atoms with E-state index in [1.54, 1.807) is 22.3 Å². The van der Waals surface area contributed by atoms with Gasteiger partial charge in [0.05, 0.1) is 49.2 Å². The summed E-state index contributed by atoms with van der Waals surface area (Å²) in [6.45, 7) is 8.31. The van der Waals surface area contributed by atoms with Gasteiger partial charge >= 0.3 is 0 Å². The molecule has 9 heterocycles. The monoisotopic (exact) mass is 1020 g/mol. The first-order chi connectivity index (χ1) is 32.6. The molecule has 0 aromatic heterocycles. The molecule has 5 saturated heterocycles. The average molecular weight is 1030 g/mol. The van der Waals surface area contributed by atoms with Crippen molar-refractivity contribution in [3.63, 3.8) is 0 Å². The lowest BCUT2D eigenvalue weighted by molar-refractivity contribution is -0.955. The molecule has 0 N–H and O–H groups in total. The Kier molecular flexibility index (Phi) is 8.66. The number of quaternary nitrogens is 2. The molecule has 4 unspecified atom stereocenters. The van der Waals surface area contributed by atoms with Gasteiger partial charge in [-0.2, -0.15) is 0 Å². The van der Waals surface area contributed by atoms with Crippen LogP contribution < -0.4 is 43.8 Å². The number of fused-ring (bicyclic) bond motifs is 8.